The van der Waals surface area contributed by atoms with E-state index in [1.54, 1.807) is 24.3 Å². The number of rotatable bonds is 6. The zero-order chi connectivity index (χ0) is 23.5. The zero-order valence-corrected chi connectivity index (χ0v) is 19.9. The van der Waals surface area contributed by atoms with E-state index in [1.165, 1.54) is 0 Å². The SMILES string of the molecule is CC1CC(OC(=O)C(OC(=O)c2ccc(N(C)C)cc2)c2ccccc2)CC(C)(C)N1C. The Morgan fingerprint density at radius 2 is 1.69 bits per heavy atom. The van der Waals surface area contributed by atoms with E-state index in [1.807, 2.05) is 49.3 Å². The molecule has 2 aromatic carbocycles. The van der Waals surface area contributed by atoms with Crippen molar-refractivity contribution >= 4 is 17.6 Å². The van der Waals surface area contributed by atoms with Gasteiger partial charge in [-0.05, 0) is 58.5 Å². The van der Waals surface area contributed by atoms with Gasteiger partial charge in [-0.25, -0.2) is 9.59 Å². The Balaban J connectivity index is 1.77. The first-order chi connectivity index (χ1) is 15.1. The van der Waals surface area contributed by atoms with E-state index in [0.717, 1.165) is 18.5 Å². The molecule has 172 valence electrons. The summed E-state index contributed by atoms with van der Waals surface area (Å²) in [5.41, 5.74) is 1.87. The van der Waals surface area contributed by atoms with E-state index in [0.29, 0.717) is 11.1 Å². The molecule has 32 heavy (non-hydrogen) atoms. The Bertz CT molecular complexity index is 925. The van der Waals surface area contributed by atoms with E-state index in [-0.39, 0.29) is 17.7 Å². The molecule has 1 heterocycles. The van der Waals surface area contributed by atoms with Crippen LogP contribution in [0.1, 0.15) is 55.6 Å². The molecule has 3 unspecified atom stereocenters. The number of hydrogen-bond donors (Lipinski definition) is 0. The molecule has 1 fully saturated rings. The van der Waals surface area contributed by atoms with Crippen molar-refractivity contribution in [1.82, 2.24) is 4.90 Å². The normalized spacial score (nSPS) is 21.4. The summed E-state index contributed by atoms with van der Waals surface area (Å²) in [6, 6.07) is 16.4. The summed E-state index contributed by atoms with van der Waals surface area (Å²) >= 11 is 0. The molecule has 0 amide bonds. The fourth-order valence-electron chi connectivity index (χ4n) is 4.19. The van der Waals surface area contributed by atoms with Gasteiger partial charge in [0.2, 0.25) is 6.10 Å². The molecular weight excluding hydrogens is 404 g/mol. The van der Waals surface area contributed by atoms with Gasteiger partial charge in [-0.2, -0.15) is 0 Å². The maximum Gasteiger partial charge on any atom is 0.352 e. The lowest BCUT2D eigenvalue weighted by atomic mass is 9.85. The lowest BCUT2D eigenvalue weighted by molar-refractivity contribution is -0.166. The second-order valence-corrected chi connectivity index (χ2v) is 9.41. The van der Waals surface area contributed by atoms with Crippen molar-refractivity contribution in [3.05, 3.63) is 65.7 Å². The molecule has 1 aliphatic rings. The second-order valence-electron chi connectivity index (χ2n) is 9.41. The second kappa shape index (κ2) is 9.74. The molecule has 6 heteroatoms. The van der Waals surface area contributed by atoms with E-state index in [9.17, 15) is 9.59 Å². The van der Waals surface area contributed by atoms with Crippen molar-refractivity contribution in [2.75, 3.05) is 26.0 Å². The fourth-order valence-corrected chi connectivity index (χ4v) is 4.19. The van der Waals surface area contributed by atoms with E-state index < -0.39 is 18.0 Å². The topological polar surface area (TPSA) is 59.1 Å². The lowest BCUT2D eigenvalue weighted by Crippen LogP contribution is -2.54. The molecule has 0 aromatic heterocycles. The average molecular weight is 439 g/mol. The molecule has 0 aliphatic carbocycles. The Kier molecular flexibility index (Phi) is 7.24. The number of benzene rings is 2. The third kappa shape index (κ3) is 5.49. The van der Waals surface area contributed by atoms with Crippen molar-refractivity contribution in [3.63, 3.8) is 0 Å². The first-order valence-corrected chi connectivity index (χ1v) is 11.1. The predicted molar refractivity (Wildman–Crippen MR) is 126 cm³/mol. The maximum absolute atomic E-state index is 13.2. The minimum atomic E-state index is -1.12. The van der Waals surface area contributed by atoms with Gasteiger partial charge in [0, 0.05) is 43.3 Å². The highest BCUT2D eigenvalue weighted by molar-refractivity contribution is 5.92. The third-order valence-corrected chi connectivity index (χ3v) is 6.39. The van der Waals surface area contributed by atoms with Gasteiger partial charge in [0.05, 0.1) is 5.56 Å². The lowest BCUT2D eigenvalue weighted by Gasteiger charge is -2.47. The maximum atomic E-state index is 13.2. The number of nitrogens with zero attached hydrogens (tertiary/aromatic N) is 2. The Labute approximate surface area is 191 Å². The van der Waals surface area contributed by atoms with E-state index >= 15 is 0 Å². The first kappa shape index (κ1) is 23.8. The largest absolute Gasteiger partial charge is 0.459 e. The van der Waals surface area contributed by atoms with Gasteiger partial charge in [-0.1, -0.05) is 30.3 Å². The van der Waals surface area contributed by atoms with Crippen LogP contribution in [0.15, 0.2) is 54.6 Å². The van der Waals surface area contributed by atoms with Crippen molar-refractivity contribution in [2.45, 2.75) is 57.4 Å². The van der Waals surface area contributed by atoms with Crippen LogP contribution in [-0.2, 0) is 14.3 Å². The van der Waals surface area contributed by atoms with Crippen LogP contribution in [0.4, 0.5) is 5.69 Å². The van der Waals surface area contributed by atoms with Crippen LogP contribution in [0.2, 0.25) is 0 Å². The van der Waals surface area contributed by atoms with Gasteiger partial charge in [-0.3, -0.25) is 4.90 Å². The Morgan fingerprint density at radius 1 is 1.06 bits per heavy atom. The minimum absolute atomic E-state index is 0.0876. The summed E-state index contributed by atoms with van der Waals surface area (Å²) in [4.78, 5) is 30.3. The molecule has 0 bridgehead atoms. The van der Waals surface area contributed by atoms with Crippen molar-refractivity contribution in [2.24, 2.45) is 0 Å². The number of carbonyl (C=O) groups is 2. The summed E-state index contributed by atoms with van der Waals surface area (Å²) in [5.74, 6) is -1.09. The van der Waals surface area contributed by atoms with E-state index in [2.05, 4.69) is 32.7 Å². The summed E-state index contributed by atoms with van der Waals surface area (Å²) in [5, 5.41) is 0. The molecule has 6 nitrogen and oxygen atoms in total. The summed E-state index contributed by atoms with van der Waals surface area (Å²) < 4.78 is 11.6. The van der Waals surface area contributed by atoms with Crippen molar-refractivity contribution in [3.8, 4) is 0 Å². The van der Waals surface area contributed by atoms with Crippen molar-refractivity contribution in [1.29, 1.82) is 0 Å². The van der Waals surface area contributed by atoms with Gasteiger partial charge in [0.25, 0.3) is 0 Å². The van der Waals surface area contributed by atoms with Gasteiger partial charge in [0.1, 0.15) is 6.10 Å². The Morgan fingerprint density at radius 3 is 2.25 bits per heavy atom. The van der Waals surface area contributed by atoms with Crippen LogP contribution in [0, 0.1) is 0 Å². The monoisotopic (exact) mass is 438 g/mol. The number of likely N-dealkylation sites (tertiary alicyclic amines) is 1. The molecule has 0 N–H and O–H groups in total. The minimum Gasteiger partial charge on any atom is -0.459 e. The van der Waals surface area contributed by atoms with E-state index in [4.69, 9.17) is 9.47 Å². The number of ether oxygens (including phenoxy) is 2. The van der Waals surface area contributed by atoms with Crippen LogP contribution in [0.25, 0.3) is 0 Å². The molecular formula is C26H34N2O4. The molecule has 1 saturated heterocycles. The van der Waals surface area contributed by atoms with Gasteiger partial charge in [-0.15, -0.1) is 0 Å². The summed E-state index contributed by atoms with van der Waals surface area (Å²) in [6.07, 6.45) is 0.122. The molecule has 3 atom stereocenters. The molecule has 1 aliphatic heterocycles. The highest BCUT2D eigenvalue weighted by Crippen LogP contribution is 2.33. The van der Waals surface area contributed by atoms with Crippen LogP contribution in [0.3, 0.4) is 0 Å². The smallest absolute Gasteiger partial charge is 0.352 e. The number of carbonyl (C=O) groups excluding carboxylic acids is 2. The van der Waals surface area contributed by atoms with Crippen LogP contribution in [0.5, 0.6) is 0 Å². The number of piperidine rings is 1. The standard InChI is InChI=1S/C26H34N2O4/c1-18-16-22(17-26(2,3)28(18)6)31-25(30)23(19-10-8-7-9-11-19)32-24(29)20-12-14-21(15-13-20)27(4)5/h7-15,18,22-23H,16-17H2,1-6H3. The van der Waals surface area contributed by atoms with Gasteiger partial charge < -0.3 is 14.4 Å². The highest BCUT2D eigenvalue weighted by Gasteiger charge is 2.39. The molecule has 3 rings (SSSR count). The summed E-state index contributed by atoms with van der Waals surface area (Å²) in [7, 11) is 5.96. The molecule has 2 aromatic rings. The number of hydrogen-bond acceptors (Lipinski definition) is 6. The summed E-state index contributed by atoms with van der Waals surface area (Å²) in [6.45, 7) is 6.43. The Hall–Kier alpha value is -2.86. The van der Waals surface area contributed by atoms with Crippen LogP contribution >= 0.6 is 0 Å². The number of esters is 2. The molecule has 0 saturated carbocycles. The zero-order valence-electron chi connectivity index (χ0n) is 19.9. The fraction of sp³-hybridized carbons (Fsp3) is 0.462. The highest BCUT2D eigenvalue weighted by atomic mass is 16.6. The molecule has 0 radical (unpaired) electrons. The third-order valence-electron chi connectivity index (χ3n) is 6.39. The molecule has 0 spiro atoms. The first-order valence-electron chi connectivity index (χ1n) is 11.1. The quantitative estimate of drug-likeness (QED) is 0.621. The van der Waals surface area contributed by atoms with Gasteiger partial charge >= 0.3 is 11.9 Å². The van der Waals surface area contributed by atoms with Crippen LogP contribution in [-0.4, -0.2) is 55.7 Å². The predicted octanol–water partition coefficient (Wildman–Crippen LogP) is 4.46. The average Bonchev–Trinajstić information content (AvgIpc) is 2.76. The van der Waals surface area contributed by atoms with Crippen molar-refractivity contribution < 1.29 is 19.1 Å². The van der Waals surface area contributed by atoms with Crippen LogP contribution < -0.4 is 4.90 Å². The van der Waals surface area contributed by atoms with Gasteiger partial charge in [0.15, 0.2) is 0 Å². The number of anilines is 1.